The molecule has 3 aromatic rings. The number of anilines is 1. The van der Waals surface area contributed by atoms with Crippen molar-refractivity contribution < 1.29 is 14.7 Å². The third-order valence-corrected chi connectivity index (χ3v) is 4.76. The van der Waals surface area contributed by atoms with Crippen LogP contribution in [0.4, 0.5) is 5.69 Å². The number of hydrogen-bond donors (Lipinski definition) is 2. The van der Waals surface area contributed by atoms with E-state index in [0.717, 1.165) is 10.8 Å². The summed E-state index contributed by atoms with van der Waals surface area (Å²) in [5.41, 5.74) is 0.613. The van der Waals surface area contributed by atoms with Gasteiger partial charge in [-0.25, -0.2) is 0 Å². The lowest BCUT2D eigenvalue weighted by Crippen LogP contribution is -2.35. The van der Waals surface area contributed by atoms with Crippen LogP contribution in [0.1, 0.15) is 10.4 Å². The standard InChI is InChI=1S/C20H16Cl2N2O3/c1-24(11-19(26)23-14-6-7-16(21)17(22)10-14)20(27)15-8-12-4-2-3-5-13(12)9-18(15)25/h2-10,25H,11H2,1H3,(H,23,26). The van der Waals surface area contributed by atoms with Crippen molar-refractivity contribution in [3.8, 4) is 5.75 Å². The Morgan fingerprint density at radius 1 is 1.00 bits per heavy atom. The van der Waals surface area contributed by atoms with E-state index in [1.165, 1.54) is 24.1 Å². The summed E-state index contributed by atoms with van der Waals surface area (Å²) in [6.45, 7) is -0.189. The van der Waals surface area contributed by atoms with Crippen LogP contribution in [0.25, 0.3) is 10.8 Å². The SMILES string of the molecule is CN(CC(=O)Nc1ccc(Cl)c(Cl)c1)C(=O)c1cc2ccccc2cc1O. The van der Waals surface area contributed by atoms with E-state index in [0.29, 0.717) is 15.7 Å². The second-order valence-electron chi connectivity index (χ2n) is 6.05. The Morgan fingerprint density at radius 2 is 1.67 bits per heavy atom. The number of likely N-dealkylation sites (N-methyl/N-ethyl adjacent to an activating group) is 1. The maximum absolute atomic E-state index is 12.6. The van der Waals surface area contributed by atoms with E-state index in [1.807, 2.05) is 24.3 Å². The molecule has 2 amide bonds. The third kappa shape index (κ3) is 4.32. The highest BCUT2D eigenvalue weighted by molar-refractivity contribution is 6.42. The first-order chi connectivity index (χ1) is 12.8. The number of aromatic hydroxyl groups is 1. The van der Waals surface area contributed by atoms with Crippen LogP contribution in [0.15, 0.2) is 54.6 Å². The maximum atomic E-state index is 12.6. The molecule has 3 aromatic carbocycles. The van der Waals surface area contributed by atoms with Gasteiger partial charge in [0, 0.05) is 12.7 Å². The fraction of sp³-hybridized carbons (Fsp3) is 0.100. The van der Waals surface area contributed by atoms with Crippen LogP contribution in [0.3, 0.4) is 0 Å². The largest absolute Gasteiger partial charge is 0.507 e. The predicted octanol–water partition coefficient (Wildman–Crippen LogP) is 4.56. The van der Waals surface area contributed by atoms with Crippen LogP contribution in [-0.2, 0) is 4.79 Å². The third-order valence-electron chi connectivity index (χ3n) is 4.03. The topological polar surface area (TPSA) is 69.6 Å². The first kappa shape index (κ1) is 19.0. The van der Waals surface area contributed by atoms with Gasteiger partial charge in [0.05, 0.1) is 22.2 Å². The summed E-state index contributed by atoms with van der Waals surface area (Å²) in [7, 11) is 1.49. The zero-order valence-corrected chi connectivity index (χ0v) is 15.9. The molecule has 2 N–H and O–H groups in total. The van der Waals surface area contributed by atoms with Crippen LogP contribution >= 0.6 is 23.2 Å². The van der Waals surface area contributed by atoms with E-state index in [4.69, 9.17) is 23.2 Å². The zero-order valence-electron chi connectivity index (χ0n) is 14.4. The number of fused-ring (bicyclic) bond motifs is 1. The van der Waals surface area contributed by atoms with Crippen molar-refractivity contribution in [1.82, 2.24) is 4.90 Å². The van der Waals surface area contributed by atoms with Crippen LogP contribution in [0.2, 0.25) is 10.0 Å². The molecule has 0 radical (unpaired) electrons. The van der Waals surface area contributed by atoms with Gasteiger partial charge < -0.3 is 15.3 Å². The molecule has 5 nitrogen and oxygen atoms in total. The second-order valence-corrected chi connectivity index (χ2v) is 6.87. The molecule has 0 heterocycles. The van der Waals surface area contributed by atoms with E-state index >= 15 is 0 Å². The number of nitrogens with zero attached hydrogens (tertiary/aromatic N) is 1. The van der Waals surface area contributed by atoms with E-state index in [-0.39, 0.29) is 17.9 Å². The molecule has 138 valence electrons. The molecule has 0 unspecified atom stereocenters. The molecule has 3 rings (SSSR count). The van der Waals surface area contributed by atoms with Crippen molar-refractivity contribution in [2.75, 3.05) is 18.9 Å². The number of halogens is 2. The predicted molar refractivity (Wildman–Crippen MR) is 108 cm³/mol. The Balaban J connectivity index is 1.72. The number of amides is 2. The highest BCUT2D eigenvalue weighted by atomic mass is 35.5. The lowest BCUT2D eigenvalue weighted by molar-refractivity contribution is -0.116. The van der Waals surface area contributed by atoms with Gasteiger partial charge in [-0.15, -0.1) is 0 Å². The molecule has 0 bridgehead atoms. The summed E-state index contributed by atoms with van der Waals surface area (Å²) in [5.74, 6) is -0.984. The summed E-state index contributed by atoms with van der Waals surface area (Å²) in [5, 5.41) is 15.2. The summed E-state index contributed by atoms with van der Waals surface area (Å²) in [6.07, 6.45) is 0. The molecule has 0 aromatic heterocycles. The Bertz CT molecular complexity index is 1040. The van der Waals surface area contributed by atoms with Crippen molar-refractivity contribution >= 4 is 51.5 Å². The van der Waals surface area contributed by atoms with Crippen LogP contribution < -0.4 is 5.32 Å². The fourth-order valence-electron chi connectivity index (χ4n) is 2.67. The van der Waals surface area contributed by atoms with Gasteiger partial charge in [-0.3, -0.25) is 9.59 Å². The number of rotatable bonds is 4. The number of carbonyl (C=O) groups is 2. The van der Waals surface area contributed by atoms with Gasteiger partial charge in [0.1, 0.15) is 5.75 Å². The lowest BCUT2D eigenvalue weighted by Gasteiger charge is -2.18. The first-order valence-corrected chi connectivity index (χ1v) is 8.83. The number of hydrogen-bond acceptors (Lipinski definition) is 3. The summed E-state index contributed by atoms with van der Waals surface area (Å²) in [6, 6.07) is 15.3. The molecule has 0 atom stereocenters. The van der Waals surface area contributed by atoms with E-state index in [2.05, 4.69) is 5.32 Å². The monoisotopic (exact) mass is 402 g/mol. The maximum Gasteiger partial charge on any atom is 0.257 e. The molecule has 0 saturated carbocycles. The van der Waals surface area contributed by atoms with E-state index < -0.39 is 11.8 Å². The Kier molecular flexibility index (Phi) is 5.54. The molecule has 0 aliphatic rings. The second kappa shape index (κ2) is 7.86. The molecule has 0 aliphatic carbocycles. The minimum Gasteiger partial charge on any atom is -0.507 e. The molecule has 27 heavy (non-hydrogen) atoms. The van der Waals surface area contributed by atoms with Crippen molar-refractivity contribution in [2.24, 2.45) is 0 Å². The Morgan fingerprint density at radius 3 is 2.33 bits per heavy atom. The summed E-state index contributed by atoms with van der Waals surface area (Å²) >= 11 is 11.8. The lowest BCUT2D eigenvalue weighted by atomic mass is 10.1. The van der Waals surface area contributed by atoms with Crippen LogP contribution in [-0.4, -0.2) is 35.4 Å². The van der Waals surface area contributed by atoms with Crippen LogP contribution in [0.5, 0.6) is 5.75 Å². The Labute approximate surface area is 166 Å². The number of carbonyl (C=O) groups excluding carboxylic acids is 2. The molecule has 0 spiro atoms. The average molecular weight is 403 g/mol. The van der Waals surface area contributed by atoms with Crippen LogP contribution in [0, 0.1) is 0 Å². The average Bonchev–Trinajstić information content (AvgIpc) is 2.63. The van der Waals surface area contributed by atoms with Gasteiger partial charge in [0.25, 0.3) is 5.91 Å². The van der Waals surface area contributed by atoms with E-state index in [9.17, 15) is 14.7 Å². The normalized spacial score (nSPS) is 10.6. The molecule has 0 saturated heterocycles. The molecule has 7 heteroatoms. The van der Waals surface area contributed by atoms with Gasteiger partial charge in [0.15, 0.2) is 0 Å². The number of phenols is 1. The zero-order chi connectivity index (χ0) is 19.6. The highest BCUT2D eigenvalue weighted by Gasteiger charge is 2.19. The van der Waals surface area contributed by atoms with Crippen molar-refractivity contribution in [2.45, 2.75) is 0 Å². The summed E-state index contributed by atoms with van der Waals surface area (Å²) < 4.78 is 0. The van der Waals surface area contributed by atoms with Gasteiger partial charge >= 0.3 is 0 Å². The van der Waals surface area contributed by atoms with Gasteiger partial charge in [0.2, 0.25) is 5.91 Å². The smallest absolute Gasteiger partial charge is 0.257 e. The van der Waals surface area contributed by atoms with Gasteiger partial charge in [-0.1, -0.05) is 47.5 Å². The molecular weight excluding hydrogens is 387 g/mol. The Hall–Kier alpha value is -2.76. The number of phenolic OH excluding ortho intramolecular Hbond substituents is 1. The minimum absolute atomic E-state index is 0.129. The van der Waals surface area contributed by atoms with E-state index in [1.54, 1.807) is 18.2 Å². The first-order valence-electron chi connectivity index (χ1n) is 8.07. The van der Waals surface area contributed by atoms with Crippen molar-refractivity contribution in [3.05, 3.63) is 70.2 Å². The highest BCUT2D eigenvalue weighted by Crippen LogP contribution is 2.26. The molecular formula is C20H16Cl2N2O3. The van der Waals surface area contributed by atoms with Gasteiger partial charge in [-0.2, -0.15) is 0 Å². The van der Waals surface area contributed by atoms with Gasteiger partial charge in [-0.05, 0) is 41.1 Å². The number of nitrogens with one attached hydrogen (secondary N) is 1. The fourth-order valence-corrected chi connectivity index (χ4v) is 2.96. The quantitative estimate of drug-likeness (QED) is 0.671. The van der Waals surface area contributed by atoms with Crippen molar-refractivity contribution in [1.29, 1.82) is 0 Å². The van der Waals surface area contributed by atoms with Crippen molar-refractivity contribution in [3.63, 3.8) is 0 Å². The summed E-state index contributed by atoms with van der Waals surface area (Å²) in [4.78, 5) is 26.1. The minimum atomic E-state index is -0.456. The number of benzene rings is 3. The molecule has 0 aliphatic heterocycles. The molecule has 0 fully saturated rings.